The summed E-state index contributed by atoms with van der Waals surface area (Å²) in [5.41, 5.74) is 1.13. The minimum atomic E-state index is -1.82. The molecular formula is C47H49B2ClN6O13S2+. The molecule has 1 aromatic heterocycles. The monoisotopic (exact) mass is 1030 g/mol. The Hall–Kier alpha value is -6.26. The molecule has 3 amide bonds. The fourth-order valence-corrected chi connectivity index (χ4v) is 11.8. The van der Waals surface area contributed by atoms with E-state index < -0.39 is 51.8 Å². The van der Waals surface area contributed by atoms with Gasteiger partial charge in [-0.05, 0) is 60.9 Å². The molecule has 4 aliphatic rings. The van der Waals surface area contributed by atoms with Gasteiger partial charge in [-0.2, -0.15) is 0 Å². The standard InChI is InChI=1S/C47H48B2ClN6O13S2/c1-5-35(42(57)49-62)69-53-38(34-24-70-26(2)51-34)43(58)52-39-45(60)55-40(47(61)68-48)29(25-71(63)46(39)55)20-56-18-16-30(21-56)54(17-19-56)44(59)33-14-15-36(66-22-27-6-10-31(64-3)11-7-27)41(37(33)50)67-23-28-8-12-32(65-4)13-9-28/h6-15,24,30,35,39,46,62H,5,16-23,25H2,1-4H3/p+1/b53-38-/t30-,35-,39+,46+,56-,71?/m0/s1. The summed E-state index contributed by atoms with van der Waals surface area (Å²) >= 11 is 8.31. The van der Waals surface area contributed by atoms with Gasteiger partial charge >= 0.3 is 21.5 Å². The van der Waals surface area contributed by atoms with Gasteiger partial charge in [0.1, 0.15) is 54.1 Å². The van der Waals surface area contributed by atoms with Crippen LogP contribution in [-0.4, -0.2) is 155 Å². The van der Waals surface area contributed by atoms with Crippen LogP contribution in [0.15, 0.2) is 82.5 Å². The molecule has 4 aromatic rings. The van der Waals surface area contributed by atoms with Crippen LogP contribution in [0, 0.1) is 6.92 Å². The van der Waals surface area contributed by atoms with Crippen molar-refractivity contribution in [1.29, 1.82) is 0 Å². The molecule has 369 valence electrons. The van der Waals surface area contributed by atoms with Gasteiger partial charge in [0, 0.05) is 17.4 Å². The van der Waals surface area contributed by atoms with E-state index in [1.54, 1.807) is 45.1 Å². The Balaban J connectivity index is 0.980. The number of aryl methyl sites for hydroxylation is 1. The number of methoxy groups -OCH3 is 2. The van der Waals surface area contributed by atoms with Crippen LogP contribution in [0.3, 0.4) is 0 Å². The predicted octanol–water partition coefficient (Wildman–Crippen LogP) is 2.96. The zero-order valence-electron chi connectivity index (χ0n) is 39.2. The highest BCUT2D eigenvalue weighted by Crippen LogP contribution is 2.42. The number of nitrogens with zero attached hydrogens (tertiary/aromatic N) is 5. The Bertz CT molecular complexity index is 2800. The van der Waals surface area contributed by atoms with Crippen LogP contribution in [0.1, 0.15) is 52.0 Å². The zero-order chi connectivity index (χ0) is 50.6. The molecule has 3 radical (unpaired) electrons. The molecule has 2 N–H and O–H groups in total. The normalized spacial score (nSPS) is 21.9. The lowest BCUT2D eigenvalue weighted by atomic mass is 9.88. The molecule has 0 aliphatic carbocycles. The second-order valence-electron chi connectivity index (χ2n) is 17.3. The number of benzene rings is 3. The topological polar surface area (TPSA) is 222 Å². The molecule has 3 aromatic carbocycles. The Morgan fingerprint density at radius 3 is 2.31 bits per heavy atom. The fraction of sp³-hybridized carbons (Fsp3) is 0.383. The largest absolute Gasteiger partial charge is 0.539 e. The second-order valence-corrected chi connectivity index (χ2v) is 20.2. The van der Waals surface area contributed by atoms with Crippen molar-refractivity contribution in [2.75, 3.05) is 52.7 Å². The van der Waals surface area contributed by atoms with Crippen LogP contribution in [0.5, 0.6) is 23.0 Å². The van der Waals surface area contributed by atoms with Gasteiger partial charge in [0.25, 0.3) is 17.7 Å². The average Bonchev–Trinajstić information content (AvgIpc) is 3.96. The first-order chi connectivity index (χ1) is 34.2. The van der Waals surface area contributed by atoms with Crippen molar-refractivity contribution < 1.29 is 66.1 Å². The highest BCUT2D eigenvalue weighted by molar-refractivity contribution is 7.86. The van der Waals surface area contributed by atoms with Crippen molar-refractivity contribution in [3.63, 3.8) is 0 Å². The summed E-state index contributed by atoms with van der Waals surface area (Å²) in [6.45, 7) is 5.73. The van der Waals surface area contributed by atoms with Gasteiger partial charge in [0.2, 0.25) is 0 Å². The van der Waals surface area contributed by atoms with Crippen molar-refractivity contribution in [3.05, 3.63) is 110 Å². The number of piperazine rings is 1. The lowest BCUT2D eigenvalue weighted by Crippen LogP contribution is -2.74. The molecule has 24 heteroatoms. The van der Waals surface area contributed by atoms with Gasteiger partial charge in [-0.3, -0.25) is 23.5 Å². The lowest BCUT2D eigenvalue weighted by molar-refractivity contribution is -0.916. The van der Waals surface area contributed by atoms with Crippen LogP contribution in [0.4, 0.5) is 0 Å². The van der Waals surface area contributed by atoms with Crippen LogP contribution >= 0.6 is 22.9 Å². The third kappa shape index (κ3) is 10.7. The SMILES string of the molecule is [B]OC(=O)C1=C(C[N@@+]23CC[C@@H](C2)N(C(=O)c2ccc(OCc4ccc(OC)cc4)c(OCc4ccc(OC)cc4)c2Cl)CC3)CS(=O)[C@@H]2[C@H](NC(=O)/C(=N\O[C@@H](CC)C(=O)[B]O)c3csc(C)n3)C(=O)N12. The minimum Gasteiger partial charge on any atom is -0.539 e. The van der Waals surface area contributed by atoms with E-state index in [0.29, 0.717) is 72.4 Å². The Morgan fingerprint density at radius 1 is 1.03 bits per heavy atom. The van der Waals surface area contributed by atoms with Gasteiger partial charge in [0.05, 0.1) is 78.6 Å². The van der Waals surface area contributed by atoms with Gasteiger partial charge in [-0.25, -0.2) is 9.78 Å². The van der Waals surface area contributed by atoms with E-state index in [4.69, 9.17) is 43.4 Å². The summed E-state index contributed by atoms with van der Waals surface area (Å²) in [5.74, 6) is -1.15. The Morgan fingerprint density at radius 2 is 1.70 bits per heavy atom. The number of ether oxygens (including phenoxy) is 4. The number of carbonyl (C=O) groups is 5. The summed E-state index contributed by atoms with van der Waals surface area (Å²) < 4.78 is 42.3. The van der Waals surface area contributed by atoms with Crippen molar-refractivity contribution in [1.82, 2.24) is 20.1 Å². The number of oxime groups is 1. The molecule has 1 unspecified atom stereocenters. The number of hydrogen-bond donors (Lipinski definition) is 2. The van der Waals surface area contributed by atoms with Crippen molar-refractivity contribution in [3.8, 4) is 23.0 Å². The number of nitrogens with one attached hydrogen (secondary N) is 1. The smallest absolute Gasteiger partial charge is 0.378 e. The third-order valence-corrected chi connectivity index (χ3v) is 15.7. The van der Waals surface area contributed by atoms with Crippen molar-refractivity contribution in [2.24, 2.45) is 5.16 Å². The van der Waals surface area contributed by atoms with Crippen LogP contribution in [-0.2, 0) is 52.7 Å². The summed E-state index contributed by atoms with van der Waals surface area (Å²) in [4.78, 5) is 80.3. The first-order valence-corrected chi connectivity index (χ1v) is 25.2. The van der Waals surface area contributed by atoms with E-state index in [-0.39, 0.29) is 77.3 Å². The number of carbonyl (C=O) groups excluding carboxylic acids is 5. The quantitative estimate of drug-likeness (QED) is 0.0428. The van der Waals surface area contributed by atoms with Crippen LogP contribution in [0.25, 0.3) is 0 Å². The molecule has 0 spiro atoms. The molecule has 6 atom stereocenters. The van der Waals surface area contributed by atoms with Gasteiger partial charge in [-0.1, -0.05) is 47.9 Å². The van der Waals surface area contributed by atoms with Gasteiger partial charge in [0.15, 0.2) is 29.0 Å². The van der Waals surface area contributed by atoms with Crippen LogP contribution in [0.2, 0.25) is 5.02 Å². The maximum atomic E-state index is 14.5. The molecule has 2 bridgehead atoms. The number of halogens is 1. The van der Waals surface area contributed by atoms with Gasteiger partial charge < -0.3 is 53.0 Å². The maximum Gasteiger partial charge on any atom is 0.378 e. The van der Waals surface area contributed by atoms with E-state index in [2.05, 4.69) is 20.1 Å². The first-order valence-electron chi connectivity index (χ1n) is 22.5. The zero-order valence-corrected chi connectivity index (χ0v) is 41.6. The summed E-state index contributed by atoms with van der Waals surface area (Å²) in [5, 5.41) is 16.7. The highest BCUT2D eigenvalue weighted by atomic mass is 35.5. The third-order valence-electron chi connectivity index (χ3n) is 12.9. The fourth-order valence-electron chi connectivity index (χ4n) is 9.21. The molecule has 4 aliphatic heterocycles. The van der Waals surface area contributed by atoms with E-state index in [0.717, 1.165) is 16.0 Å². The van der Waals surface area contributed by atoms with Crippen molar-refractivity contribution >= 4 is 84.4 Å². The number of rotatable bonds is 20. The van der Waals surface area contributed by atoms with E-state index in [1.807, 2.05) is 48.5 Å². The first kappa shape index (κ1) is 51.1. The predicted molar refractivity (Wildman–Crippen MR) is 261 cm³/mol. The number of amides is 3. The highest BCUT2D eigenvalue weighted by Gasteiger charge is 2.59. The maximum absolute atomic E-state index is 14.5. The van der Waals surface area contributed by atoms with Crippen LogP contribution < -0.4 is 24.3 Å². The summed E-state index contributed by atoms with van der Waals surface area (Å²) in [6, 6.07) is 16.5. The second kappa shape index (κ2) is 22.0. The number of fused-ring (bicyclic) bond motifs is 3. The number of β-lactam (4-membered cyclic amide) rings is 1. The van der Waals surface area contributed by atoms with E-state index in [9.17, 15) is 33.2 Å². The number of hydrogen-bond acceptors (Lipinski definition) is 16. The molecule has 5 heterocycles. The molecule has 3 fully saturated rings. The number of aromatic nitrogens is 1. The Labute approximate surface area is 422 Å². The average molecular weight is 1030 g/mol. The van der Waals surface area contributed by atoms with Gasteiger partial charge in [-0.15, -0.1) is 11.3 Å². The molecule has 19 nitrogen and oxygen atoms in total. The Kier molecular flexibility index (Phi) is 15.9. The molecular weight excluding hydrogens is 978 g/mol. The molecule has 8 rings (SSSR count). The minimum absolute atomic E-state index is 0.0923. The van der Waals surface area contributed by atoms with E-state index in [1.165, 1.54) is 16.7 Å². The van der Waals surface area contributed by atoms with E-state index >= 15 is 0 Å². The number of thiazole rings is 1. The summed E-state index contributed by atoms with van der Waals surface area (Å²) in [7, 11) is 7.12. The van der Waals surface area contributed by atoms with Crippen molar-refractivity contribution in [2.45, 2.75) is 63.5 Å². The lowest BCUT2D eigenvalue weighted by Gasteiger charge is -2.50. The molecule has 71 heavy (non-hydrogen) atoms. The summed E-state index contributed by atoms with van der Waals surface area (Å²) in [6.07, 6.45) is -0.483. The molecule has 0 saturated carbocycles. The molecule has 3 saturated heterocycles. The number of quaternary nitrogens is 1.